The molecule has 2 unspecified atom stereocenters. The molecule has 8 nitrogen and oxygen atoms in total. The van der Waals surface area contributed by atoms with Crippen LogP contribution < -0.4 is 5.32 Å². The van der Waals surface area contributed by atoms with Gasteiger partial charge in [-0.15, -0.1) is 23.1 Å². The van der Waals surface area contributed by atoms with Crippen LogP contribution in [-0.4, -0.2) is 57.5 Å². The van der Waals surface area contributed by atoms with Crippen LogP contribution in [0.5, 0.6) is 0 Å². The van der Waals surface area contributed by atoms with Crippen molar-refractivity contribution in [1.82, 2.24) is 10.2 Å². The van der Waals surface area contributed by atoms with Crippen LogP contribution in [0.1, 0.15) is 24.1 Å². The van der Waals surface area contributed by atoms with E-state index in [4.69, 9.17) is 4.74 Å². The molecule has 2 atom stereocenters. The van der Waals surface area contributed by atoms with Gasteiger partial charge in [-0.25, -0.2) is 4.79 Å². The number of carboxylic acid groups (broad SMARTS) is 1. The van der Waals surface area contributed by atoms with E-state index in [0.717, 1.165) is 24.1 Å². The van der Waals surface area contributed by atoms with Crippen molar-refractivity contribution in [2.45, 2.75) is 37.1 Å². The minimum Gasteiger partial charge on any atom is -0.477 e. The number of hydrogen-bond acceptors (Lipinski definition) is 7. The van der Waals surface area contributed by atoms with Gasteiger partial charge in [-0.1, -0.05) is 12.5 Å². The van der Waals surface area contributed by atoms with Crippen LogP contribution >= 0.6 is 23.1 Å². The third kappa shape index (κ3) is 3.91. The topological polar surface area (TPSA) is 113 Å². The van der Waals surface area contributed by atoms with Gasteiger partial charge in [-0.3, -0.25) is 19.3 Å². The first-order valence-electron chi connectivity index (χ1n) is 9.34. The number of fused-ring (bicyclic) bond motifs is 1. The fourth-order valence-electron chi connectivity index (χ4n) is 3.51. The largest absolute Gasteiger partial charge is 0.477 e. The summed E-state index contributed by atoms with van der Waals surface area (Å²) in [5.41, 5.74) is 0.270. The molecule has 10 heteroatoms. The predicted octanol–water partition coefficient (Wildman–Crippen LogP) is 1.37. The fourth-order valence-corrected chi connectivity index (χ4v) is 5.54. The Balaban J connectivity index is 1.40. The molecule has 1 saturated heterocycles. The molecule has 1 saturated carbocycles. The summed E-state index contributed by atoms with van der Waals surface area (Å²) in [5, 5.41) is 13.8. The zero-order chi connectivity index (χ0) is 20.5. The van der Waals surface area contributed by atoms with Crippen LogP contribution in [0.15, 0.2) is 28.8 Å². The lowest BCUT2D eigenvalue weighted by molar-refractivity contribution is -0.152. The van der Waals surface area contributed by atoms with Crippen LogP contribution in [-0.2, 0) is 30.3 Å². The van der Waals surface area contributed by atoms with Gasteiger partial charge in [-0.05, 0) is 24.3 Å². The number of amides is 2. The van der Waals surface area contributed by atoms with Crippen molar-refractivity contribution in [3.63, 3.8) is 0 Å². The Morgan fingerprint density at radius 3 is 2.72 bits per heavy atom. The number of ether oxygens (including phenoxy) is 1. The van der Waals surface area contributed by atoms with E-state index in [1.807, 2.05) is 17.5 Å². The lowest BCUT2D eigenvalue weighted by Gasteiger charge is -2.49. The first-order chi connectivity index (χ1) is 14.0. The zero-order valence-electron chi connectivity index (χ0n) is 15.5. The summed E-state index contributed by atoms with van der Waals surface area (Å²) in [6.45, 7) is -0.129. The molecule has 154 valence electrons. The predicted molar refractivity (Wildman–Crippen MR) is 106 cm³/mol. The van der Waals surface area contributed by atoms with Gasteiger partial charge in [0.2, 0.25) is 5.91 Å². The third-order valence-electron chi connectivity index (χ3n) is 5.31. The van der Waals surface area contributed by atoms with Crippen molar-refractivity contribution in [3.8, 4) is 0 Å². The standard InChI is InChI=1S/C19H20N2O6S2/c22-13(7-12-5-2-6-28-12)20-14-16(23)21-15(18(24)25)11(9-29-17(14)21)8-27-19(26)10-3-1-4-10/h2,5-6,10,14,17H,1,3-4,7-9H2,(H,20,22)(H,24,25). The van der Waals surface area contributed by atoms with Crippen LogP contribution in [0.25, 0.3) is 0 Å². The van der Waals surface area contributed by atoms with Crippen LogP contribution in [0.3, 0.4) is 0 Å². The van der Waals surface area contributed by atoms with Gasteiger partial charge in [0.15, 0.2) is 0 Å². The molecule has 1 aliphatic carbocycles. The normalized spacial score (nSPS) is 23.7. The highest BCUT2D eigenvalue weighted by Gasteiger charge is 2.54. The van der Waals surface area contributed by atoms with E-state index < -0.39 is 23.3 Å². The number of hydrogen-bond donors (Lipinski definition) is 2. The van der Waals surface area contributed by atoms with Gasteiger partial charge in [0, 0.05) is 16.2 Å². The van der Waals surface area contributed by atoms with Crippen molar-refractivity contribution < 1.29 is 29.0 Å². The molecule has 0 spiro atoms. The lowest BCUT2D eigenvalue weighted by Crippen LogP contribution is -2.70. The zero-order valence-corrected chi connectivity index (χ0v) is 17.1. The highest BCUT2D eigenvalue weighted by Crippen LogP contribution is 2.40. The molecule has 1 aromatic rings. The molecule has 3 heterocycles. The molecule has 2 fully saturated rings. The smallest absolute Gasteiger partial charge is 0.352 e. The average molecular weight is 437 g/mol. The van der Waals surface area contributed by atoms with E-state index in [1.54, 1.807) is 0 Å². The summed E-state index contributed by atoms with van der Waals surface area (Å²) < 4.78 is 5.28. The summed E-state index contributed by atoms with van der Waals surface area (Å²) in [7, 11) is 0. The molecule has 3 aliphatic rings. The average Bonchev–Trinajstić information content (AvgIpc) is 3.14. The van der Waals surface area contributed by atoms with E-state index in [1.165, 1.54) is 28.0 Å². The second-order valence-corrected chi connectivity index (χ2v) is 9.34. The number of carbonyl (C=O) groups excluding carboxylic acids is 3. The van der Waals surface area contributed by atoms with Crippen molar-refractivity contribution in [3.05, 3.63) is 33.7 Å². The van der Waals surface area contributed by atoms with E-state index in [2.05, 4.69) is 5.32 Å². The first-order valence-corrected chi connectivity index (χ1v) is 11.3. The Morgan fingerprint density at radius 2 is 2.10 bits per heavy atom. The van der Waals surface area contributed by atoms with Gasteiger partial charge in [0.25, 0.3) is 5.91 Å². The molecule has 1 aromatic heterocycles. The molecule has 0 bridgehead atoms. The number of carboxylic acids is 1. The highest BCUT2D eigenvalue weighted by molar-refractivity contribution is 8.00. The van der Waals surface area contributed by atoms with Crippen molar-refractivity contribution in [2.24, 2.45) is 5.92 Å². The summed E-state index contributed by atoms with van der Waals surface area (Å²) >= 11 is 2.82. The molecule has 2 N–H and O–H groups in total. The number of nitrogens with zero attached hydrogens (tertiary/aromatic N) is 1. The Hall–Kier alpha value is -2.33. The third-order valence-corrected chi connectivity index (χ3v) is 7.52. The van der Waals surface area contributed by atoms with E-state index in [-0.39, 0.29) is 36.5 Å². The summed E-state index contributed by atoms with van der Waals surface area (Å²) in [6.07, 6.45) is 2.79. The number of β-lactam (4-membered cyclic amide) rings is 1. The minimum absolute atomic E-state index is 0.0959. The fraction of sp³-hybridized carbons (Fsp3) is 0.474. The van der Waals surface area contributed by atoms with E-state index >= 15 is 0 Å². The Morgan fingerprint density at radius 1 is 1.31 bits per heavy atom. The highest BCUT2D eigenvalue weighted by atomic mass is 32.2. The van der Waals surface area contributed by atoms with Gasteiger partial charge >= 0.3 is 11.9 Å². The SMILES string of the molecule is O=C(Cc1cccs1)NC1C(=O)N2C(C(=O)O)=C(COC(=O)C3CCC3)CSC12. The monoisotopic (exact) mass is 436 g/mol. The van der Waals surface area contributed by atoms with Crippen molar-refractivity contribution >= 4 is 46.9 Å². The molecule has 0 radical (unpaired) electrons. The molecule has 29 heavy (non-hydrogen) atoms. The van der Waals surface area contributed by atoms with Crippen LogP contribution in [0.4, 0.5) is 0 Å². The molecular formula is C19H20N2O6S2. The number of aliphatic carboxylic acids is 1. The van der Waals surface area contributed by atoms with Gasteiger partial charge in [0.05, 0.1) is 12.3 Å². The second kappa shape index (κ2) is 8.19. The van der Waals surface area contributed by atoms with Crippen LogP contribution in [0, 0.1) is 5.92 Å². The lowest BCUT2D eigenvalue weighted by atomic mass is 9.86. The number of thiophene rings is 1. The van der Waals surface area contributed by atoms with Gasteiger partial charge in [-0.2, -0.15) is 0 Å². The molecule has 0 aromatic carbocycles. The van der Waals surface area contributed by atoms with Gasteiger partial charge in [0.1, 0.15) is 23.7 Å². The maximum absolute atomic E-state index is 12.6. The maximum Gasteiger partial charge on any atom is 0.352 e. The number of rotatable bonds is 7. The number of nitrogens with one attached hydrogen (secondary N) is 1. The van der Waals surface area contributed by atoms with E-state index in [0.29, 0.717) is 11.3 Å². The number of thioether (sulfide) groups is 1. The van der Waals surface area contributed by atoms with Crippen molar-refractivity contribution in [2.75, 3.05) is 12.4 Å². The first kappa shape index (κ1) is 20.0. The number of carbonyl (C=O) groups is 4. The van der Waals surface area contributed by atoms with Crippen LogP contribution in [0.2, 0.25) is 0 Å². The minimum atomic E-state index is -1.23. The molecule has 4 rings (SSSR count). The quantitative estimate of drug-likeness (QED) is 0.490. The second-order valence-electron chi connectivity index (χ2n) is 7.20. The molecule has 2 aliphatic heterocycles. The van der Waals surface area contributed by atoms with Crippen molar-refractivity contribution in [1.29, 1.82) is 0 Å². The summed E-state index contributed by atoms with van der Waals surface area (Å²) in [6, 6.07) is 2.95. The summed E-state index contributed by atoms with van der Waals surface area (Å²) in [4.78, 5) is 50.6. The Bertz CT molecular complexity index is 877. The maximum atomic E-state index is 12.6. The Kier molecular flexibility index (Phi) is 5.64. The summed E-state index contributed by atoms with van der Waals surface area (Å²) in [5.74, 6) is -2.04. The molecular weight excluding hydrogens is 416 g/mol. The van der Waals surface area contributed by atoms with Gasteiger partial charge < -0.3 is 15.2 Å². The van der Waals surface area contributed by atoms with E-state index in [9.17, 15) is 24.3 Å². The molecule has 2 amide bonds. The Labute approximate surface area is 175 Å². The number of esters is 1.